The summed E-state index contributed by atoms with van der Waals surface area (Å²) in [5.74, 6) is 1.73. The van der Waals surface area contributed by atoms with E-state index in [-0.39, 0.29) is 12.6 Å². The van der Waals surface area contributed by atoms with Crippen LogP contribution in [0.15, 0.2) is 42.5 Å². The molecule has 7 heteroatoms. The van der Waals surface area contributed by atoms with Gasteiger partial charge in [0.05, 0.1) is 30.3 Å². The molecule has 1 atom stereocenters. The number of hydrogen-bond acceptors (Lipinski definition) is 6. The topological polar surface area (TPSA) is 79.3 Å². The highest BCUT2D eigenvalue weighted by atomic mass is 35.5. The molecule has 0 spiro atoms. The highest BCUT2D eigenvalue weighted by molar-refractivity contribution is 6.32. The average Bonchev–Trinajstić information content (AvgIpc) is 2.66. The molecule has 0 saturated carbocycles. The number of methoxy groups -OCH3 is 1. The summed E-state index contributed by atoms with van der Waals surface area (Å²) in [6.07, 6.45) is 0.783. The van der Waals surface area contributed by atoms with Crippen molar-refractivity contribution >= 4 is 40.0 Å². The number of nitrogens with zero attached hydrogens (tertiary/aromatic N) is 2. The van der Waals surface area contributed by atoms with E-state index >= 15 is 0 Å². The van der Waals surface area contributed by atoms with Crippen LogP contribution in [0.3, 0.4) is 0 Å². The van der Waals surface area contributed by atoms with Gasteiger partial charge in [-0.3, -0.25) is 0 Å². The summed E-state index contributed by atoms with van der Waals surface area (Å²) in [7, 11) is 1.57. The van der Waals surface area contributed by atoms with Gasteiger partial charge in [0.15, 0.2) is 0 Å². The van der Waals surface area contributed by atoms with Gasteiger partial charge in [-0.15, -0.1) is 0 Å². The van der Waals surface area contributed by atoms with Gasteiger partial charge in [0.2, 0.25) is 5.95 Å². The van der Waals surface area contributed by atoms with Crippen molar-refractivity contribution in [1.29, 1.82) is 0 Å². The van der Waals surface area contributed by atoms with E-state index in [0.29, 0.717) is 22.5 Å². The van der Waals surface area contributed by atoms with Crippen molar-refractivity contribution in [3.63, 3.8) is 0 Å². The molecular weight excluding hydrogens is 352 g/mol. The van der Waals surface area contributed by atoms with Gasteiger partial charge in [0.1, 0.15) is 11.6 Å². The normalized spacial score (nSPS) is 12.0. The van der Waals surface area contributed by atoms with Crippen molar-refractivity contribution in [3.05, 3.63) is 47.5 Å². The monoisotopic (exact) mass is 372 g/mol. The molecule has 0 amide bonds. The SMILES string of the molecule is CCC(CO)Nc1nc(Nc2ccc(OC)c(Cl)c2)nc2ccccc12. The molecular formula is C19H21ClN4O2. The standard InChI is InChI=1S/C19H21ClN4O2/c1-3-12(11-25)21-18-14-6-4-5-7-16(14)23-19(24-18)22-13-8-9-17(26-2)15(20)10-13/h4-10,12,25H,3,11H2,1-2H3,(H2,21,22,23,24). The Morgan fingerprint density at radius 3 is 2.69 bits per heavy atom. The second-order valence-electron chi connectivity index (χ2n) is 5.82. The van der Waals surface area contributed by atoms with Crippen LogP contribution in [0.1, 0.15) is 13.3 Å². The third-order valence-electron chi connectivity index (χ3n) is 4.07. The Hall–Kier alpha value is -2.57. The molecule has 0 aliphatic rings. The molecule has 3 rings (SSSR count). The summed E-state index contributed by atoms with van der Waals surface area (Å²) in [6.45, 7) is 2.04. The second kappa shape index (κ2) is 8.21. The lowest BCUT2D eigenvalue weighted by Gasteiger charge is -2.17. The van der Waals surface area contributed by atoms with E-state index in [4.69, 9.17) is 16.3 Å². The molecule has 0 radical (unpaired) electrons. The molecule has 1 aromatic heterocycles. The third kappa shape index (κ3) is 3.98. The first-order valence-electron chi connectivity index (χ1n) is 8.39. The fraction of sp³-hybridized carbons (Fsp3) is 0.263. The summed E-state index contributed by atoms with van der Waals surface area (Å²) in [5, 5.41) is 17.4. The number of ether oxygens (including phenoxy) is 1. The number of aromatic nitrogens is 2. The van der Waals surface area contributed by atoms with Crippen LogP contribution in [-0.4, -0.2) is 34.8 Å². The number of rotatable bonds is 7. The number of fused-ring (bicyclic) bond motifs is 1. The van der Waals surface area contributed by atoms with Gasteiger partial charge in [0.25, 0.3) is 0 Å². The zero-order valence-corrected chi connectivity index (χ0v) is 15.4. The lowest BCUT2D eigenvalue weighted by atomic mass is 10.2. The van der Waals surface area contributed by atoms with Gasteiger partial charge >= 0.3 is 0 Å². The van der Waals surface area contributed by atoms with Crippen LogP contribution in [0, 0.1) is 0 Å². The minimum atomic E-state index is -0.0726. The highest BCUT2D eigenvalue weighted by Gasteiger charge is 2.12. The van der Waals surface area contributed by atoms with Crippen molar-refractivity contribution in [3.8, 4) is 5.75 Å². The van der Waals surface area contributed by atoms with E-state index in [1.807, 2.05) is 37.3 Å². The number of aliphatic hydroxyl groups is 1. The van der Waals surface area contributed by atoms with E-state index < -0.39 is 0 Å². The fourth-order valence-electron chi connectivity index (χ4n) is 2.59. The maximum atomic E-state index is 9.50. The maximum absolute atomic E-state index is 9.50. The highest BCUT2D eigenvalue weighted by Crippen LogP contribution is 2.29. The summed E-state index contributed by atoms with van der Waals surface area (Å²) >= 11 is 6.18. The molecule has 3 N–H and O–H groups in total. The van der Waals surface area contributed by atoms with Crippen molar-refractivity contribution < 1.29 is 9.84 Å². The minimum absolute atomic E-state index is 0.0334. The van der Waals surface area contributed by atoms with Crippen LogP contribution in [0.5, 0.6) is 5.75 Å². The lowest BCUT2D eigenvalue weighted by Crippen LogP contribution is -2.23. The molecule has 0 fully saturated rings. The van der Waals surface area contributed by atoms with Crippen LogP contribution in [0.2, 0.25) is 5.02 Å². The van der Waals surface area contributed by atoms with Crippen LogP contribution in [-0.2, 0) is 0 Å². The summed E-state index contributed by atoms with van der Waals surface area (Å²) in [5.41, 5.74) is 1.56. The Kier molecular flexibility index (Phi) is 5.75. The van der Waals surface area contributed by atoms with Gasteiger partial charge in [0, 0.05) is 11.1 Å². The number of para-hydroxylation sites is 1. The van der Waals surface area contributed by atoms with Crippen molar-refractivity contribution in [1.82, 2.24) is 9.97 Å². The van der Waals surface area contributed by atoms with Gasteiger partial charge in [-0.1, -0.05) is 30.7 Å². The van der Waals surface area contributed by atoms with Crippen LogP contribution < -0.4 is 15.4 Å². The van der Waals surface area contributed by atoms with Gasteiger partial charge < -0.3 is 20.5 Å². The molecule has 2 aromatic carbocycles. The van der Waals surface area contributed by atoms with Crippen molar-refractivity contribution in [2.24, 2.45) is 0 Å². The van der Waals surface area contributed by atoms with E-state index in [1.165, 1.54) is 0 Å². The fourth-order valence-corrected chi connectivity index (χ4v) is 2.84. The van der Waals surface area contributed by atoms with E-state index in [9.17, 15) is 5.11 Å². The number of benzene rings is 2. The number of halogens is 1. The molecule has 136 valence electrons. The average molecular weight is 373 g/mol. The van der Waals surface area contributed by atoms with E-state index in [1.54, 1.807) is 19.2 Å². The summed E-state index contributed by atoms with van der Waals surface area (Å²) in [6, 6.07) is 13.1. The Morgan fingerprint density at radius 1 is 1.19 bits per heavy atom. The maximum Gasteiger partial charge on any atom is 0.229 e. The lowest BCUT2D eigenvalue weighted by molar-refractivity contribution is 0.271. The minimum Gasteiger partial charge on any atom is -0.495 e. The molecule has 1 unspecified atom stereocenters. The first-order valence-corrected chi connectivity index (χ1v) is 8.77. The number of aliphatic hydroxyl groups excluding tert-OH is 1. The Bertz CT molecular complexity index is 900. The molecule has 6 nitrogen and oxygen atoms in total. The van der Waals surface area contributed by atoms with Crippen LogP contribution in [0.4, 0.5) is 17.5 Å². The Balaban J connectivity index is 1.97. The predicted molar refractivity (Wildman–Crippen MR) is 106 cm³/mol. The van der Waals surface area contributed by atoms with E-state index in [2.05, 4.69) is 20.6 Å². The van der Waals surface area contributed by atoms with Crippen LogP contribution in [0.25, 0.3) is 10.9 Å². The molecule has 0 aliphatic carbocycles. The molecule has 0 bridgehead atoms. The first kappa shape index (κ1) is 18.2. The van der Waals surface area contributed by atoms with E-state index in [0.717, 1.165) is 23.0 Å². The predicted octanol–water partition coefficient (Wildman–Crippen LogP) is 4.22. The first-order chi connectivity index (χ1) is 12.6. The largest absolute Gasteiger partial charge is 0.495 e. The zero-order valence-electron chi connectivity index (χ0n) is 14.7. The number of nitrogens with one attached hydrogen (secondary N) is 2. The Morgan fingerprint density at radius 2 is 2.00 bits per heavy atom. The van der Waals surface area contributed by atoms with Crippen molar-refractivity contribution in [2.75, 3.05) is 24.4 Å². The van der Waals surface area contributed by atoms with Gasteiger partial charge in [-0.2, -0.15) is 4.98 Å². The Labute approximate surface area is 157 Å². The number of hydrogen-bond donors (Lipinski definition) is 3. The molecule has 0 saturated heterocycles. The molecule has 1 heterocycles. The summed E-state index contributed by atoms with van der Waals surface area (Å²) in [4.78, 5) is 9.15. The number of anilines is 3. The van der Waals surface area contributed by atoms with Gasteiger partial charge in [-0.25, -0.2) is 4.98 Å². The summed E-state index contributed by atoms with van der Waals surface area (Å²) < 4.78 is 5.17. The van der Waals surface area contributed by atoms with Crippen molar-refractivity contribution in [2.45, 2.75) is 19.4 Å². The molecule has 0 aliphatic heterocycles. The third-order valence-corrected chi connectivity index (χ3v) is 4.36. The molecule has 3 aromatic rings. The molecule has 26 heavy (non-hydrogen) atoms. The smallest absolute Gasteiger partial charge is 0.229 e. The quantitative estimate of drug-likeness (QED) is 0.576. The second-order valence-corrected chi connectivity index (χ2v) is 6.23. The van der Waals surface area contributed by atoms with Crippen LogP contribution >= 0.6 is 11.6 Å². The van der Waals surface area contributed by atoms with Gasteiger partial charge in [-0.05, 0) is 36.8 Å². The zero-order chi connectivity index (χ0) is 18.5.